The van der Waals surface area contributed by atoms with Gasteiger partial charge in [-0.25, -0.2) is 0 Å². The van der Waals surface area contributed by atoms with Crippen LogP contribution in [0, 0.1) is 0 Å². The number of hydrogen-bond acceptors (Lipinski definition) is 2. The predicted octanol–water partition coefficient (Wildman–Crippen LogP) is 4.10. The maximum absolute atomic E-state index is 10.3. The molecule has 0 aliphatic rings. The van der Waals surface area contributed by atoms with E-state index in [-0.39, 0.29) is 6.10 Å². The zero-order valence-electron chi connectivity index (χ0n) is 11.6. The van der Waals surface area contributed by atoms with Gasteiger partial charge >= 0.3 is 0 Å². The van der Waals surface area contributed by atoms with Crippen molar-refractivity contribution in [2.45, 2.75) is 57.7 Å². The highest BCUT2D eigenvalue weighted by molar-refractivity contribution is 5.18. The summed E-state index contributed by atoms with van der Waals surface area (Å²) in [5.74, 6) is 0. The zero-order valence-corrected chi connectivity index (χ0v) is 11.6. The molecule has 0 aliphatic heterocycles. The van der Waals surface area contributed by atoms with E-state index in [0.29, 0.717) is 0 Å². The minimum absolute atomic E-state index is 0.0889. The molecule has 0 amide bonds. The molecule has 0 aliphatic carbocycles. The Morgan fingerprint density at radius 2 is 1.72 bits per heavy atom. The van der Waals surface area contributed by atoms with E-state index < -0.39 is 6.10 Å². The molecule has 0 radical (unpaired) electrons. The SMILES string of the molecule is CCCCCCC[C@@H](OC)[C@H](O)c1ccccc1. The lowest BCUT2D eigenvalue weighted by atomic mass is 9.99. The van der Waals surface area contributed by atoms with Gasteiger partial charge in [0.25, 0.3) is 0 Å². The fourth-order valence-corrected chi connectivity index (χ4v) is 2.22. The number of aliphatic hydroxyl groups excluding tert-OH is 1. The minimum atomic E-state index is -0.512. The first-order chi connectivity index (χ1) is 8.79. The maximum atomic E-state index is 10.3. The predicted molar refractivity (Wildman–Crippen MR) is 75.6 cm³/mol. The quantitative estimate of drug-likeness (QED) is 0.669. The summed E-state index contributed by atoms with van der Waals surface area (Å²) >= 11 is 0. The highest BCUT2D eigenvalue weighted by Crippen LogP contribution is 2.22. The molecule has 0 unspecified atom stereocenters. The van der Waals surface area contributed by atoms with Gasteiger partial charge in [0.05, 0.1) is 6.10 Å². The van der Waals surface area contributed by atoms with E-state index in [9.17, 15) is 5.11 Å². The zero-order chi connectivity index (χ0) is 13.2. The molecule has 0 spiro atoms. The van der Waals surface area contributed by atoms with Crippen LogP contribution in [0.4, 0.5) is 0 Å². The topological polar surface area (TPSA) is 29.5 Å². The lowest BCUT2D eigenvalue weighted by molar-refractivity contribution is -0.0189. The van der Waals surface area contributed by atoms with Crippen LogP contribution in [0.15, 0.2) is 30.3 Å². The average Bonchev–Trinajstić information content (AvgIpc) is 2.43. The Labute approximate surface area is 111 Å². The molecule has 1 aromatic carbocycles. The van der Waals surface area contributed by atoms with Crippen molar-refractivity contribution in [3.05, 3.63) is 35.9 Å². The second kappa shape index (κ2) is 9.12. The van der Waals surface area contributed by atoms with Gasteiger partial charge in [0.15, 0.2) is 0 Å². The molecular formula is C16H26O2. The smallest absolute Gasteiger partial charge is 0.105 e. The van der Waals surface area contributed by atoms with Gasteiger partial charge in [-0.2, -0.15) is 0 Å². The number of benzene rings is 1. The van der Waals surface area contributed by atoms with Crippen LogP contribution in [-0.2, 0) is 4.74 Å². The van der Waals surface area contributed by atoms with Gasteiger partial charge in [0, 0.05) is 7.11 Å². The summed E-state index contributed by atoms with van der Waals surface area (Å²) in [6.45, 7) is 2.22. The molecule has 1 N–H and O–H groups in total. The molecule has 0 saturated carbocycles. The molecule has 0 saturated heterocycles. The van der Waals surface area contributed by atoms with Crippen molar-refractivity contribution in [1.29, 1.82) is 0 Å². The van der Waals surface area contributed by atoms with E-state index in [1.54, 1.807) is 7.11 Å². The van der Waals surface area contributed by atoms with Crippen molar-refractivity contribution in [2.24, 2.45) is 0 Å². The summed E-state index contributed by atoms with van der Waals surface area (Å²) in [6, 6.07) is 9.77. The Morgan fingerprint density at radius 1 is 1.06 bits per heavy atom. The molecule has 0 aromatic heterocycles. The van der Waals surface area contributed by atoms with Crippen LogP contribution >= 0.6 is 0 Å². The van der Waals surface area contributed by atoms with Gasteiger partial charge in [-0.1, -0.05) is 69.4 Å². The van der Waals surface area contributed by atoms with Crippen LogP contribution in [0.3, 0.4) is 0 Å². The third kappa shape index (κ3) is 5.19. The Morgan fingerprint density at radius 3 is 2.33 bits per heavy atom. The van der Waals surface area contributed by atoms with Crippen LogP contribution in [0.1, 0.15) is 57.1 Å². The Bertz CT molecular complexity index is 297. The van der Waals surface area contributed by atoms with Gasteiger partial charge in [-0.15, -0.1) is 0 Å². The largest absolute Gasteiger partial charge is 0.386 e. The molecule has 1 aromatic rings. The van der Waals surface area contributed by atoms with E-state index >= 15 is 0 Å². The molecule has 2 atom stereocenters. The van der Waals surface area contributed by atoms with Crippen LogP contribution in [-0.4, -0.2) is 18.3 Å². The van der Waals surface area contributed by atoms with Crippen LogP contribution in [0.25, 0.3) is 0 Å². The molecule has 1 rings (SSSR count). The van der Waals surface area contributed by atoms with Gasteiger partial charge in [0.1, 0.15) is 6.10 Å². The maximum Gasteiger partial charge on any atom is 0.105 e. The first kappa shape index (κ1) is 15.2. The second-order valence-corrected chi connectivity index (χ2v) is 4.83. The van der Waals surface area contributed by atoms with Crippen molar-refractivity contribution >= 4 is 0 Å². The molecule has 2 heteroatoms. The average molecular weight is 250 g/mol. The Balaban J connectivity index is 2.36. The lowest BCUT2D eigenvalue weighted by Gasteiger charge is -2.22. The minimum Gasteiger partial charge on any atom is -0.386 e. The third-order valence-electron chi connectivity index (χ3n) is 3.39. The van der Waals surface area contributed by atoms with Crippen molar-refractivity contribution in [1.82, 2.24) is 0 Å². The molecule has 2 nitrogen and oxygen atoms in total. The van der Waals surface area contributed by atoms with Gasteiger partial charge in [-0.3, -0.25) is 0 Å². The van der Waals surface area contributed by atoms with Crippen molar-refractivity contribution < 1.29 is 9.84 Å². The summed E-state index contributed by atoms with van der Waals surface area (Å²) in [5, 5.41) is 10.3. The third-order valence-corrected chi connectivity index (χ3v) is 3.39. The molecule has 18 heavy (non-hydrogen) atoms. The van der Waals surface area contributed by atoms with E-state index in [1.807, 2.05) is 30.3 Å². The molecule has 0 bridgehead atoms. The lowest BCUT2D eigenvalue weighted by Crippen LogP contribution is -2.20. The van der Waals surface area contributed by atoms with E-state index in [1.165, 1.54) is 25.7 Å². The number of rotatable bonds is 9. The molecule has 0 heterocycles. The summed E-state index contributed by atoms with van der Waals surface area (Å²) in [7, 11) is 1.68. The highest BCUT2D eigenvalue weighted by Gasteiger charge is 2.19. The Hall–Kier alpha value is -0.860. The fourth-order valence-electron chi connectivity index (χ4n) is 2.22. The molecule has 102 valence electrons. The summed E-state index contributed by atoms with van der Waals surface area (Å²) < 4.78 is 5.42. The van der Waals surface area contributed by atoms with E-state index in [0.717, 1.165) is 18.4 Å². The van der Waals surface area contributed by atoms with Gasteiger partial charge < -0.3 is 9.84 Å². The van der Waals surface area contributed by atoms with E-state index in [4.69, 9.17) is 4.74 Å². The van der Waals surface area contributed by atoms with Gasteiger partial charge in [-0.05, 0) is 12.0 Å². The highest BCUT2D eigenvalue weighted by atomic mass is 16.5. The van der Waals surface area contributed by atoms with E-state index in [2.05, 4.69) is 6.92 Å². The first-order valence-corrected chi connectivity index (χ1v) is 7.05. The standard InChI is InChI=1S/C16H26O2/c1-3-4-5-6-10-13-15(18-2)16(17)14-11-8-7-9-12-14/h7-9,11-12,15-17H,3-6,10,13H2,1-2H3/t15-,16-/m1/s1. The van der Waals surface area contributed by atoms with Crippen molar-refractivity contribution in [3.63, 3.8) is 0 Å². The van der Waals surface area contributed by atoms with Crippen LogP contribution < -0.4 is 0 Å². The van der Waals surface area contributed by atoms with Gasteiger partial charge in [0.2, 0.25) is 0 Å². The summed E-state index contributed by atoms with van der Waals surface area (Å²) in [6.07, 6.45) is 6.54. The number of methoxy groups -OCH3 is 1. The first-order valence-electron chi connectivity index (χ1n) is 7.05. The number of hydrogen-bond donors (Lipinski definition) is 1. The second-order valence-electron chi connectivity index (χ2n) is 4.83. The Kier molecular flexibility index (Phi) is 7.70. The number of aliphatic hydroxyl groups is 1. The van der Waals surface area contributed by atoms with Crippen molar-refractivity contribution in [3.8, 4) is 0 Å². The van der Waals surface area contributed by atoms with Crippen molar-refractivity contribution in [2.75, 3.05) is 7.11 Å². The summed E-state index contributed by atoms with van der Waals surface area (Å²) in [4.78, 5) is 0. The van der Waals surface area contributed by atoms with Crippen LogP contribution in [0.5, 0.6) is 0 Å². The molecular weight excluding hydrogens is 224 g/mol. The normalized spacial score (nSPS) is 14.4. The van der Waals surface area contributed by atoms with Crippen LogP contribution in [0.2, 0.25) is 0 Å². The monoisotopic (exact) mass is 250 g/mol. The fraction of sp³-hybridized carbons (Fsp3) is 0.625. The summed E-state index contributed by atoms with van der Waals surface area (Å²) in [5.41, 5.74) is 0.943. The molecule has 0 fully saturated rings. The number of ether oxygens (including phenoxy) is 1. The number of unbranched alkanes of at least 4 members (excludes halogenated alkanes) is 4.